The lowest BCUT2D eigenvalue weighted by Gasteiger charge is -2.29. The summed E-state index contributed by atoms with van der Waals surface area (Å²) in [5.74, 6) is 1.66. The molecule has 1 N–H and O–H groups in total. The molecule has 0 aromatic heterocycles. The highest BCUT2D eigenvalue weighted by Gasteiger charge is 2.25. The van der Waals surface area contributed by atoms with Crippen LogP contribution in [-0.2, 0) is 6.42 Å². The molecule has 3 aromatic rings. The minimum absolute atomic E-state index is 0.149. The van der Waals surface area contributed by atoms with Crippen LogP contribution < -0.4 is 14.8 Å². The number of hydrogen-bond donors (Lipinski definition) is 1. The molecule has 1 heterocycles. The van der Waals surface area contributed by atoms with Crippen LogP contribution >= 0.6 is 0 Å². The number of benzene rings is 3. The second kappa shape index (κ2) is 9.50. The van der Waals surface area contributed by atoms with E-state index in [0.717, 1.165) is 44.1 Å². The predicted molar refractivity (Wildman–Crippen MR) is 124 cm³/mol. The number of ether oxygens (including phenoxy) is 2. The molecule has 1 unspecified atom stereocenters. The molecule has 4 rings (SSSR count). The second-order valence-electron chi connectivity index (χ2n) is 7.78. The van der Waals surface area contributed by atoms with Gasteiger partial charge in [-0.05, 0) is 59.1 Å². The standard InChI is InChI=1S/C26H32N2O2/c1-4-28(5-2)15-16-30-25-18-23-20(17-24(25)29-3)13-14-27-26(23)22-12-8-10-19-9-6-7-11-21(19)22/h6-12,17-18,26-27H,4-5,13-16H2,1-3H3. The van der Waals surface area contributed by atoms with Crippen LogP contribution in [0.3, 0.4) is 0 Å². The minimum Gasteiger partial charge on any atom is -0.493 e. The van der Waals surface area contributed by atoms with Crippen LogP contribution in [-0.4, -0.2) is 44.8 Å². The number of fused-ring (bicyclic) bond motifs is 2. The molecule has 0 saturated heterocycles. The normalized spacial score (nSPS) is 15.9. The monoisotopic (exact) mass is 404 g/mol. The van der Waals surface area contributed by atoms with E-state index in [1.165, 1.54) is 27.5 Å². The fraction of sp³-hybridized carbons (Fsp3) is 0.385. The van der Waals surface area contributed by atoms with Gasteiger partial charge in [0.05, 0.1) is 13.2 Å². The van der Waals surface area contributed by atoms with Crippen molar-refractivity contribution in [3.8, 4) is 11.5 Å². The maximum absolute atomic E-state index is 6.21. The smallest absolute Gasteiger partial charge is 0.161 e. The highest BCUT2D eigenvalue weighted by molar-refractivity contribution is 5.86. The lowest BCUT2D eigenvalue weighted by Crippen LogP contribution is -2.31. The molecule has 1 atom stereocenters. The second-order valence-corrected chi connectivity index (χ2v) is 7.78. The Balaban J connectivity index is 1.68. The molecule has 0 radical (unpaired) electrons. The molecule has 1 aliphatic rings. The molecule has 4 nitrogen and oxygen atoms in total. The Morgan fingerprint density at radius 3 is 2.57 bits per heavy atom. The van der Waals surface area contributed by atoms with Gasteiger partial charge in [0.1, 0.15) is 6.61 Å². The Kier molecular flexibility index (Phi) is 6.56. The molecule has 158 valence electrons. The Hall–Kier alpha value is -2.56. The molecule has 0 bridgehead atoms. The number of hydrogen-bond acceptors (Lipinski definition) is 4. The molecule has 0 saturated carbocycles. The molecule has 0 spiro atoms. The van der Waals surface area contributed by atoms with Gasteiger partial charge < -0.3 is 19.7 Å². The number of nitrogens with one attached hydrogen (secondary N) is 1. The van der Waals surface area contributed by atoms with E-state index in [1.54, 1.807) is 7.11 Å². The summed E-state index contributed by atoms with van der Waals surface area (Å²) in [7, 11) is 1.72. The molecule has 4 heteroatoms. The van der Waals surface area contributed by atoms with Gasteiger partial charge in [0.25, 0.3) is 0 Å². The van der Waals surface area contributed by atoms with Crippen LogP contribution in [0.15, 0.2) is 54.6 Å². The van der Waals surface area contributed by atoms with Crippen LogP contribution in [0.25, 0.3) is 10.8 Å². The molecular formula is C26H32N2O2. The van der Waals surface area contributed by atoms with E-state index in [0.29, 0.717) is 6.61 Å². The summed E-state index contributed by atoms with van der Waals surface area (Å²) in [4.78, 5) is 2.37. The summed E-state index contributed by atoms with van der Waals surface area (Å²) in [5.41, 5.74) is 3.93. The lowest BCUT2D eigenvalue weighted by molar-refractivity contribution is 0.217. The van der Waals surface area contributed by atoms with E-state index in [-0.39, 0.29) is 6.04 Å². The average molecular weight is 405 g/mol. The summed E-state index contributed by atoms with van der Waals surface area (Å²) in [6, 6.07) is 19.7. The molecule has 0 fully saturated rings. The molecule has 3 aromatic carbocycles. The summed E-state index contributed by atoms with van der Waals surface area (Å²) >= 11 is 0. The van der Waals surface area contributed by atoms with Gasteiger partial charge in [0.2, 0.25) is 0 Å². The van der Waals surface area contributed by atoms with Gasteiger partial charge in [0.15, 0.2) is 11.5 Å². The molecule has 0 aliphatic carbocycles. The van der Waals surface area contributed by atoms with Crippen LogP contribution in [0, 0.1) is 0 Å². The van der Waals surface area contributed by atoms with Crippen molar-refractivity contribution in [1.82, 2.24) is 10.2 Å². The summed E-state index contributed by atoms with van der Waals surface area (Å²) in [5, 5.41) is 6.30. The van der Waals surface area contributed by atoms with Crippen LogP contribution in [0.4, 0.5) is 0 Å². The average Bonchev–Trinajstić information content (AvgIpc) is 2.80. The summed E-state index contributed by atoms with van der Waals surface area (Å²) < 4.78 is 11.9. The highest BCUT2D eigenvalue weighted by Crippen LogP contribution is 2.39. The van der Waals surface area contributed by atoms with Crippen molar-refractivity contribution in [2.24, 2.45) is 0 Å². The van der Waals surface area contributed by atoms with Crippen molar-refractivity contribution in [2.75, 3.05) is 39.9 Å². The third-order valence-corrected chi connectivity index (χ3v) is 6.17. The van der Waals surface area contributed by atoms with Gasteiger partial charge in [-0.15, -0.1) is 0 Å². The van der Waals surface area contributed by atoms with Gasteiger partial charge in [-0.3, -0.25) is 0 Å². The third-order valence-electron chi connectivity index (χ3n) is 6.17. The maximum atomic E-state index is 6.21. The quantitative estimate of drug-likeness (QED) is 0.584. The zero-order valence-electron chi connectivity index (χ0n) is 18.3. The van der Waals surface area contributed by atoms with Crippen LogP contribution in [0.2, 0.25) is 0 Å². The van der Waals surface area contributed by atoms with Crippen LogP contribution in [0.5, 0.6) is 11.5 Å². The van der Waals surface area contributed by atoms with Crippen molar-refractivity contribution in [2.45, 2.75) is 26.3 Å². The molecule has 1 aliphatic heterocycles. The van der Waals surface area contributed by atoms with E-state index in [9.17, 15) is 0 Å². The van der Waals surface area contributed by atoms with Crippen molar-refractivity contribution in [1.29, 1.82) is 0 Å². The first-order valence-corrected chi connectivity index (χ1v) is 11.0. The first kappa shape index (κ1) is 20.7. The van der Waals surface area contributed by atoms with E-state index in [4.69, 9.17) is 9.47 Å². The highest BCUT2D eigenvalue weighted by atomic mass is 16.5. The third kappa shape index (κ3) is 4.16. The van der Waals surface area contributed by atoms with Crippen molar-refractivity contribution in [3.05, 3.63) is 71.3 Å². The van der Waals surface area contributed by atoms with Gasteiger partial charge in [0, 0.05) is 13.1 Å². The SMILES string of the molecule is CCN(CC)CCOc1cc2c(cc1OC)CCNC2c1cccc2ccccc12. The Morgan fingerprint density at radius 2 is 1.77 bits per heavy atom. The van der Waals surface area contributed by atoms with E-state index >= 15 is 0 Å². The van der Waals surface area contributed by atoms with E-state index < -0.39 is 0 Å². The Labute approximate surface area is 179 Å². The zero-order valence-corrected chi connectivity index (χ0v) is 18.3. The first-order valence-electron chi connectivity index (χ1n) is 11.0. The minimum atomic E-state index is 0.149. The van der Waals surface area contributed by atoms with Crippen LogP contribution in [0.1, 0.15) is 36.6 Å². The molecule has 30 heavy (non-hydrogen) atoms. The zero-order chi connectivity index (χ0) is 20.9. The Bertz CT molecular complexity index is 992. The van der Waals surface area contributed by atoms with Crippen molar-refractivity contribution >= 4 is 10.8 Å². The van der Waals surface area contributed by atoms with E-state index in [1.807, 2.05) is 0 Å². The molecular weight excluding hydrogens is 372 g/mol. The van der Waals surface area contributed by atoms with Gasteiger partial charge >= 0.3 is 0 Å². The number of nitrogens with zero attached hydrogens (tertiary/aromatic N) is 1. The van der Waals surface area contributed by atoms with E-state index in [2.05, 4.69) is 78.7 Å². The fourth-order valence-electron chi connectivity index (χ4n) is 4.44. The first-order chi connectivity index (χ1) is 14.7. The molecule has 0 amide bonds. The Morgan fingerprint density at radius 1 is 0.967 bits per heavy atom. The number of rotatable bonds is 8. The summed E-state index contributed by atoms with van der Waals surface area (Å²) in [6.45, 7) is 8.96. The topological polar surface area (TPSA) is 33.7 Å². The van der Waals surface area contributed by atoms with Gasteiger partial charge in [-0.2, -0.15) is 0 Å². The summed E-state index contributed by atoms with van der Waals surface area (Å²) in [6.07, 6.45) is 0.993. The van der Waals surface area contributed by atoms with Gasteiger partial charge in [-0.1, -0.05) is 56.3 Å². The number of likely N-dealkylation sites (N-methyl/N-ethyl adjacent to an activating group) is 1. The largest absolute Gasteiger partial charge is 0.493 e. The van der Waals surface area contributed by atoms with Crippen molar-refractivity contribution < 1.29 is 9.47 Å². The van der Waals surface area contributed by atoms with Crippen molar-refractivity contribution in [3.63, 3.8) is 0 Å². The predicted octanol–water partition coefficient (Wildman–Crippen LogP) is 4.80. The fourth-order valence-corrected chi connectivity index (χ4v) is 4.44. The number of methoxy groups -OCH3 is 1. The van der Waals surface area contributed by atoms with Gasteiger partial charge in [-0.25, -0.2) is 0 Å². The maximum Gasteiger partial charge on any atom is 0.161 e. The lowest BCUT2D eigenvalue weighted by atomic mass is 9.87.